The molecule has 162 valence electrons. The number of nitrogens with two attached hydrogens (primary N) is 1. The number of nitrogen functional groups attached to an aromatic ring is 1. The highest BCUT2D eigenvalue weighted by Gasteiger charge is 2.29. The Balaban J connectivity index is 2.25. The minimum atomic E-state index is -4.42. The van der Waals surface area contributed by atoms with Crippen molar-refractivity contribution in [2.45, 2.75) is 4.90 Å². The van der Waals surface area contributed by atoms with Gasteiger partial charge in [0.1, 0.15) is 5.58 Å². The monoisotopic (exact) mass is 472 g/mol. The zero-order chi connectivity index (χ0) is 23.4. The largest absolute Gasteiger partial charge is 0.478 e. The minimum absolute atomic E-state index is 0.119. The van der Waals surface area contributed by atoms with Crippen LogP contribution in [-0.4, -0.2) is 30.6 Å². The molecule has 0 radical (unpaired) electrons. The number of hydrogen-bond acceptors (Lipinski definition) is 7. The Morgan fingerprint density at radius 2 is 1.66 bits per heavy atom. The molecule has 9 nitrogen and oxygen atoms in total. The van der Waals surface area contributed by atoms with E-state index in [1.807, 2.05) is 0 Å². The van der Waals surface area contributed by atoms with Crippen LogP contribution in [0.5, 0.6) is 0 Å². The van der Waals surface area contributed by atoms with Gasteiger partial charge in [0.05, 0.1) is 16.5 Å². The van der Waals surface area contributed by atoms with Crippen LogP contribution in [0, 0.1) is 5.41 Å². The molecule has 1 heterocycles. The standard InChI is InChI=1S/C21H13ClN2O7S/c22-32(29,30)19-15(24)6-5-13-17(12-4-2-10(23)8-16(12)31-18(13)19)11-3-1-9(20(25)26)7-14(11)21(27)28/h1-8,24H,23H2,(H,25,26)(H,27,28). The van der Waals surface area contributed by atoms with E-state index in [4.69, 9.17) is 26.2 Å². The van der Waals surface area contributed by atoms with Gasteiger partial charge in [-0.25, -0.2) is 18.0 Å². The highest BCUT2D eigenvalue weighted by molar-refractivity contribution is 8.13. The van der Waals surface area contributed by atoms with Gasteiger partial charge in [0.25, 0.3) is 9.05 Å². The van der Waals surface area contributed by atoms with Crippen molar-refractivity contribution in [3.63, 3.8) is 0 Å². The number of anilines is 1. The Hall–Kier alpha value is -3.89. The molecule has 0 saturated heterocycles. The number of benzene rings is 3. The SMILES string of the molecule is N=c1ccc2c(-c3ccc(C(=O)O)cc3C(=O)O)c3ccc(N)cc3oc-2c1S(=O)(=O)Cl. The maximum absolute atomic E-state index is 12.2. The topological polar surface area (TPSA) is 172 Å². The van der Waals surface area contributed by atoms with Gasteiger partial charge in [-0.3, -0.25) is 5.41 Å². The van der Waals surface area contributed by atoms with Crippen LogP contribution in [0.1, 0.15) is 20.7 Å². The summed E-state index contributed by atoms with van der Waals surface area (Å²) < 4.78 is 30.2. The number of fused-ring (bicyclic) bond motifs is 2. The fraction of sp³-hybridized carbons (Fsp3) is 0. The molecule has 0 spiro atoms. The lowest BCUT2D eigenvalue weighted by atomic mass is 9.90. The predicted molar refractivity (Wildman–Crippen MR) is 115 cm³/mol. The van der Waals surface area contributed by atoms with E-state index in [2.05, 4.69) is 0 Å². The second kappa shape index (κ2) is 7.36. The van der Waals surface area contributed by atoms with E-state index in [1.54, 1.807) is 12.1 Å². The van der Waals surface area contributed by atoms with E-state index < -0.39 is 31.2 Å². The van der Waals surface area contributed by atoms with Gasteiger partial charge < -0.3 is 20.4 Å². The van der Waals surface area contributed by atoms with Crippen LogP contribution in [0.25, 0.3) is 33.4 Å². The molecule has 0 fully saturated rings. The molecule has 0 atom stereocenters. The summed E-state index contributed by atoms with van der Waals surface area (Å²) in [5.74, 6) is -2.94. The molecule has 2 aromatic rings. The van der Waals surface area contributed by atoms with Crippen molar-refractivity contribution in [2.75, 3.05) is 5.73 Å². The maximum Gasteiger partial charge on any atom is 0.336 e. The normalized spacial score (nSPS) is 11.7. The van der Waals surface area contributed by atoms with Crippen molar-refractivity contribution in [3.05, 3.63) is 65.0 Å². The summed E-state index contributed by atoms with van der Waals surface area (Å²) in [6.07, 6.45) is 0. The third kappa shape index (κ3) is 3.45. The van der Waals surface area contributed by atoms with E-state index in [0.29, 0.717) is 11.1 Å². The number of hydrogen-bond donors (Lipinski definition) is 4. The fourth-order valence-electron chi connectivity index (χ4n) is 3.55. The second-order valence-electron chi connectivity index (χ2n) is 6.86. The summed E-state index contributed by atoms with van der Waals surface area (Å²) in [5.41, 5.74) is 6.26. The first-order chi connectivity index (χ1) is 15.0. The van der Waals surface area contributed by atoms with Crippen molar-refractivity contribution in [3.8, 4) is 22.5 Å². The molecule has 5 N–H and O–H groups in total. The molecule has 4 rings (SSSR count). The zero-order valence-corrected chi connectivity index (χ0v) is 17.5. The van der Waals surface area contributed by atoms with Crippen LogP contribution in [0.4, 0.5) is 5.69 Å². The predicted octanol–water partition coefficient (Wildman–Crippen LogP) is 3.59. The Morgan fingerprint density at radius 1 is 0.969 bits per heavy atom. The summed E-state index contributed by atoms with van der Waals surface area (Å²) in [6, 6.07) is 10.7. The second-order valence-corrected chi connectivity index (χ2v) is 9.36. The number of halogens is 1. The summed E-state index contributed by atoms with van der Waals surface area (Å²) >= 11 is 0. The molecule has 2 aromatic carbocycles. The number of nitrogens with one attached hydrogen (secondary N) is 1. The molecule has 0 unspecified atom stereocenters. The first kappa shape index (κ1) is 21.3. The Bertz CT molecular complexity index is 1590. The first-order valence-corrected chi connectivity index (χ1v) is 11.2. The molecule has 0 saturated carbocycles. The van der Waals surface area contributed by atoms with Crippen molar-refractivity contribution >= 4 is 48.3 Å². The third-order valence-corrected chi connectivity index (χ3v) is 6.23. The van der Waals surface area contributed by atoms with Gasteiger partial charge >= 0.3 is 11.9 Å². The minimum Gasteiger partial charge on any atom is -0.478 e. The summed E-state index contributed by atoms with van der Waals surface area (Å²) in [6.45, 7) is 0. The lowest BCUT2D eigenvalue weighted by Gasteiger charge is -2.18. The smallest absolute Gasteiger partial charge is 0.336 e. The van der Waals surface area contributed by atoms with Crippen molar-refractivity contribution in [1.29, 1.82) is 5.41 Å². The average Bonchev–Trinajstić information content (AvgIpc) is 2.70. The molecule has 1 aliphatic heterocycles. The Kier molecular flexibility index (Phi) is 4.91. The van der Waals surface area contributed by atoms with Crippen LogP contribution in [-0.2, 0) is 9.05 Å². The van der Waals surface area contributed by atoms with E-state index in [9.17, 15) is 28.2 Å². The van der Waals surface area contributed by atoms with Crippen LogP contribution in [0.2, 0.25) is 0 Å². The van der Waals surface area contributed by atoms with Crippen LogP contribution in [0.3, 0.4) is 0 Å². The van der Waals surface area contributed by atoms with E-state index in [-0.39, 0.29) is 39.2 Å². The number of carboxylic acids is 2. The highest BCUT2D eigenvalue weighted by Crippen LogP contribution is 2.44. The molecule has 0 bridgehead atoms. The van der Waals surface area contributed by atoms with E-state index in [1.165, 1.54) is 30.3 Å². The number of carboxylic acid groups (broad SMARTS) is 2. The first-order valence-electron chi connectivity index (χ1n) is 8.88. The van der Waals surface area contributed by atoms with Crippen molar-refractivity contribution in [2.24, 2.45) is 0 Å². The molecule has 1 aliphatic carbocycles. The third-order valence-electron chi connectivity index (χ3n) is 4.88. The average molecular weight is 473 g/mol. The van der Waals surface area contributed by atoms with Gasteiger partial charge in [-0.15, -0.1) is 0 Å². The zero-order valence-electron chi connectivity index (χ0n) is 15.9. The van der Waals surface area contributed by atoms with Crippen LogP contribution in [0.15, 0.2) is 57.8 Å². The molecule has 32 heavy (non-hydrogen) atoms. The lowest BCUT2D eigenvalue weighted by Crippen LogP contribution is -2.13. The summed E-state index contributed by atoms with van der Waals surface area (Å²) in [7, 11) is 1.15. The van der Waals surface area contributed by atoms with Crippen LogP contribution < -0.4 is 11.1 Å². The molecule has 0 amide bonds. The Morgan fingerprint density at radius 3 is 2.28 bits per heavy atom. The van der Waals surface area contributed by atoms with Gasteiger partial charge in [0, 0.05) is 38.9 Å². The molecule has 11 heteroatoms. The lowest BCUT2D eigenvalue weighted by molar-refractivity contribution is 0.0696. The summed E-state index contributed by atoms with van der Waals surface area (Å²) in [4.78, 5) is 22.8. The molecular formula is C21H13ClN2O7S. The quantitative estimate of drug-likeness (QED) is 0.198. The number of carbonyl (C=O) groups is 2. The van der Waals surface area contributed by atoms with Crippen molar-refractivity contribution in [1.82, 2.24) is 0 Å². The van der Waals surface area contributed by atoms with Crippen LogP contribution >= 0.6 is 10.7 Å². The molecule has 0 aromatic heterocycles. The van der Waals surface area contributed by atoms with Gasteiger partial charge in [-0.05, 0) is 42.0 Å². The van der Waals surface area contributed by atoms with Gasteiger partial charge in [-0.1, -0.05) is 6.07 Å². The van der Waals surface area contributed by atoms with Gasteiger partial charge in [0.15, 0.2) is 10.7 Å². The number of rotatable bonds is 4. The number of aromatic carboxylic acids is 2. The van der Waals surface area contributed by atoms with Gasteiger partial charge in [-0.2, -0.15) is 0 Å². The molecule has 2 aliphatic rings. The van der Waals surface area contributed by atoms with E-state index in [0.717, 1.165) is 6.07 Å². The highest BCUT2D eigenvalue weighted by atomic mass is 35.7. The van der Waals surface area contributed by atoms with E-state index >= 15 is 0 Å². The Labute approximate surface area is 184 Å². The fourth-order valence-corrected chi connectivity index (χ4v) is 4.71. The van der Waals surface area contributed by atoms with Crippen molar-refractivity contribution < 1.29 is 32.6 Å². The maximum atomic E-state index is 12.2. The summed E-state index contributed by atoms with van der Waals surface area (Å²) in [5, 5.41) is 27.0. The van der Waals surface area contributed by atoms with Gasteiger partial charge in [0.2, 0.25) is 0 Å². The molecular weight excluding hydrogens is 460 g/mol.